The zero-order valence-electron chi connectivity index (χ0n) is 19.1. The predicted molar refractivity (Wildman–Crippen MR) is 118 cm³/mol. The van der Waals surface area contributed by atoms with E-state index in [1.165, 1.54) is 90.3 Å². The molecule has 0 N–H and O–H groups in total. The second-order valence-corrected chi connectivity index (χ2v) is 9.98. The summed E-state index contributed by atoms with van der Waals surface area (Å²) in [7, 11) is 0. The second-order valence-electron chi connectivity index (χ2n) is 9.98. The number of unbranched alkanes of at least 4 members (excludes halogenated alkanes) is 3. The SMILES string of the molecule is CCCCCCC(C)CN1CCC2(CC1)CC(CCCOC(CC)CC)C2. The molecular weight excluding hydrogens is 330 g/mol. The van der Waals surface area contributed by atoms with E-state index in [2.05, 4.69) is 32.6 Å². The molecule has 1 aliphatic carbocycles. The highest BCUT2D eigenvalue weighted by Gasteiger charge is 2.45. The highest BCUT2D eigenvalue weighted by atomic mass is 16.5. The van der Waals surface area contributed by atoms with Gasteiger partial charge in [0.15, 0.2) is 0 Å². The van der Waals surface area contributed by atoms with Gasteiger partial charge in [0.2, 0.25) is 0 Å². The van der Waals surface area contributed by atoms with Crippen LogP contribution in [0.2, 0.25) is 0 Å². The second kappa shape index (κ2) is 12.5. The maximum atomic E-state index is 5.98. The maximum Gasteiger partial charge on any atom is 0.0569 e. The maximum absolute atomic E-state index is 5.98. The number of ether oxygens (including phenoxy) is 1. The molecule has 1 heterocycles. The van der Waals surface area contributed by atoms with E-state index in [0.29, 0.717) is 6.10 Å². The number of likely N-dealkylation sites (tertiary alicyclic amines) is 1. The third-order valence-electron chi connectivity index (χ3n) is 7.50. The van der Waals surface area contributed by atoms with Crippen molar-refractivity contribution in [1.82, 2.24) is 4.90 Å². The van der Waals surface area contributed by atoms with Gasteiger partial charge in [0, 0.05) is 13.2 Å². The molecule has 0 aromatic heterocycles. The van der Waals surface area contributed by atoms with Crippen molar-refractivity contribution in [1.29, 1.82) is 0 Å². The van der Waals surface area contributed by atoms with E-state index in [-0.39, 0.29) is 0 Å². The van der Waals surface area contributed by atoms with E-state index in [4.69, 9.17) is 4.74 Å². The molecule has 2 nitrogen and oxygen atoms in total. The lowest BCUT2D eigenvalue weighted by atomic mass is 9.56. The third kappa shape index (κ3) is 8.05. The van der Waals surface area contributed by atoms with E-state index in [1.807, 2.05) is 0 Å². The highest BCUT2D eigenvalue weighted by Crippen LogP contribution is 2.54. The zero-order valence-corrected chi connectivity index (χ0v) is 19.1. The summed E-state index contributed by atoms with van der Waals surface area (Å²) in [6, 6.07) is 0. The molecule has 1 saturated carbocycles. The molecule has 1 atom stereocenters. The molecule has 0 aromatic rings. The summed E-state index contributed by atoms with van der Waals surface area (Å²) >= 11 is 0. The Balaban J connectivity index is 1.51. The van der Waals surface area contributed by atoms with Gasteiger partial charge >= 0.3 is 0 Å². The van der Waals surface area contributed by atoms with Gasteiger partial charge in [-0.05, 0) is 88.1 Å². The Labute approximate surface area is 170 Å². The van der Waals surface area contributed by atoms with E-state index >= 15 is 0 Å². The van der Waals surface area contributed by atoms with Crippen LogP contribution in [0.5, 0.6) is 0 Å². The molecule has 0 aromatic carbocycles. The van der Waals surface area contributed by atoms with Crippen LogP contribution in [0.1, 0.15) is 111 Å². The smallest absolute Gasteiger partial charge is 0.0569 e. The van der Waals surface area contributed by atoms with Gasteiger partial charge in [-0.3, -0.25) is 0 Å². The van der Waals surface area contributed by atoms with Crippen molar-refractivity contribution in [3.8, 4) is 0 Å². The summed E-state index contributed by atoms with van der Waals surface area (Å²) in [5.74, 6) is 1.89. The minimum atomic E-state index is 0.496. The standard InChI is InChI=1S/C25H49NO/c1-5-8-9-10-12-22(4)21-26-16-14-25(15-17-26)19-23(20-25)13-11-18-27-24(6-2)7-3/h22-24H,5-21H2,1-4H3. The van der Waals surface area contributed by atoms with Crippen molar-refractivity contribution < 1.29 is 4.74 Å². The van der Waals surface area contributed by atoms with Crippen LogP contribution in [-0.4, -0.2) is 37.2 Å². The Bertz CT molecular complexity index is 363. The largest absolute Gasteiger partial charge is 0.378 e. The van der Waals surface area contributed by atoms with Crippen molar-refractivity contribution in [2.24, 2.45) is 17.3 Å². The lowest BCUT2D eigenvalue weighted by molar-refractivity contribution is -0.0250. The van der Waals surface area contributed by atoms with Crippen LogP contribution in [0.4, 0.5) is 0 Å². The van der Waals surface area contributed by atoms with Gasteiger partial charge < -0.3 is 9.64 Å². The summed E-state index contributed by atoms with van der Waals surface area (Å²) in [6.45, 7) is 14.3. The normalized spacial score (nSPS) is 21.7. The topological polar surface area (TPSA) is 12.5 Å². The Hall–Kier alpha value is -0.0800. The molecule has 2 fully saturated rings. The van der Waals surface area contributed by atoms with Gasteiger partial charge in [0.25, 0.3) is 0 Å². The molecule has 2 heteroatoms. The van der Waals surface area contributed by atoms with Crippen LogP contribution in [0.3, 0.4) is 0 Å². The van der Waals surface area contributed by atoms with Crippen molar-refractivity contribution in [2.45, 2.75) is 117 Å². The molecule has 0 bridgehead atoms. The number of rotatable bonds is 14. The Kier molecular flexibility index (Phi) is 10.7. The summed E-state index contributed by atoms with van der Waals surface area (Å²) in [5, 5.41) is 0. The van der Waals surface area contributed by atoms with Gasteiger partial charge in [-0.1, -0.05) is 53.4 Å². The Morgan fingerprint density at radius 1 is 0.963 bits per heavy atom. The molecular formula is C25H49NO. The molecule has 1 spiro atoms. The number of hydrogen-bond donors (Lipinski definition) is 0. The molecule has 1 unspecified atom stereocenters. The summed E-state index contributed by atoms with van der Waals surface area (Å²) in [4.78, 5) is 2.77. The van der Waals surface area contributed by atoms with E-state index in [0.717, 1.165) is 36.7 Å². The molecule has 1 saturated heterocycles. The predicted octanol–water partition coefficient (Wildman–Crippen LogP) is 7.07. The molecule has 1 aliphatic heterocycles. The number of nitrogens with zero attached hydrogens (tertiary/aromatic N) is 1. The molecule has 27 heavy (non-hydrogen) atoms. The first-order valence-electron chi connectivity index (χ1n) is 12.4. The average molecular weight is 380 g/mol. The van der Waals surface area contributed by atoms with Crippen molar-refractivity contribution in [3.63, 3.8) is 0 Å². The minimum absolute atomic E-state index is 0.496. The minimum Gasteiger partial charge on any atom is -0.378 e. The van der Waals surface area contributed by atoms with Gasteiger partial charge in [-0.25, -0.2) is 0 Å². The van der Waals surface area contributed by atoms with Gasteiger partial charge in [-0.2, -0.15) is 0 Å². The first-order valence-corrected chi connectivity index (χ1v) is 12.4. The fourth-order valence-electron chi connectivity index (χ4n) is 5.59. The Morgan fingerprint density at radius 3 is 2.30 bits per heavy atom. The quantitative estimate of drug-likeness (QED) is 0.299. The average Bonchev–Trinajstić information content (AvgIpc) is 2.65. The highest BCUT2D eigenvalue weighted by molar-refractivity contribution is 4.97. The molecule has 0 amide bonds. The summed E-state index contributed by atoms with van der Waals surface area (Å²) in [5.41, 5.74) is 0.738. The lowest BCUT2D eigenvalue weighted by Crippen LogP contribution is -2.47. The van der Waals surface area contributed by atoms with Crippen LogP contribution < -0.4 is 0 Å². The van der Waals surface area contributed by atoms with Crippen LogP contribution in [-0.2, 0) is 4.74 Å². The van der Waals surface area contributed by atoms with Crippen LogP contribution in [0.25, 0.3) is 0 Å². The monoisotopic (exact) mass is 379 g/mol. The van der Waals surface area contributed by atoms with Crippen molar-refractivity contribution >= 4 is 0 Å². The molecule has 0 radical (unpaired) electrons. The van der Waals surface area contributed by atoms with Gasteiger partial charge in [0.1, 0.15) is 0 Å². The fourth-order valence-corrected chi connectivity index (χ4v) is 5.59. The van der Waals surface area contributed by atoms with E-state index in [9.17, 15) is 0 Å². The van der Waals surface area contributed by atoms with Crippen LogP contribution >= 0.6 is 0 Å². The van der Waals surface area contributed by atoms with E-state index in [1.54, 1.807) is 0 Å². The lowest BCUT2D eigenvalue weighted by Gasteiger charge is -2.53. The third-order valence-corrected chi connectivity index (χ3v) is 7.50. The molecule has 2 rings (SSSR count). The first kappa shape index (κ1) is 23.2. The van der Waals surface area contributed by atoms with Gasteiger partial charge in [0.05, 0.1) is 6.10 Å². The van der Waals surface area contributed by atoms with Crippen LogP contribution in [0, 0.1) is 17.3 Å². The molecule has 160 valence electrons. The number of piperidine rings is 1. The number of hydrogen-bond acceptors (Lipinski definition) is 2. The van der Waals surface area contributed by atoms with E-state index < -0.39 is 0 Å². The van der Waals surface area contributed by atoms with Crippen molar-refractivity contribution in [3.05, 3.63) is 0 Å². The summed E-state index contributed by atoms with van der Waals surface area (Å²) < 4.78 is 5.98. The fraction of sp³-hybridized carbons (Fsp3) is 1.00. The zero-order chi connectivity index (χ0) is 19.5. The molecule has 2 aliphatic rings. The summed E-state index contributed by atoms with van der Waals surface area (Å²) in [6.07, 6.45) is 18.6. The van der Waals surface area contributed by atoms with Crippen molar-refractivity contribution in [2.75, 3.05) is 26.2 Å². The Morgan fingerprint density at radius 2 is 1.67 bits per heavy atom. The van der Waals surface area contributed by atoms with Gasteiger partial charge in [-0.15, -0.1) is 0 Å². The van der Waals surface area contributed by atoms with Crippen LogP contribution in [0.15, 0.2) is 0 Å². The first-order chi connectivity index (χ1) is 13.1.